The van der Waals surface area contributed by atoms with Crippen LogP contribution < -0.4 is 4.90 Å². The second-order valence-corrected chi connectivity index (χ2v) is 8.65. The number of phenolic OH excluding ortho intramolecular Hbond substituents is 1. The Hall–Kier alpha value is -0.860. The number of thioether (sulfide) groups is 1. The van der Waals surface area contributed by atoms with Gasteiger partial charge in [-0.2, -0.15) is 0 Å². The molecule has 0 atom stereocenters. The standard InChI is InChI=1S/C16H8Br2ClNO2S2/c17-11-4-8(5-12(18)14(11)21)6-13-15(22)20(16(23)24-13)10-3-1-2-9(19)7-10/h1-7,21H/b13-6+. The lowest BCUT2D eigenvalue weighted by molar-refractivity contribution is -0.113. The fraction of sp³-hybridized carbons (Fsp3) is 0. The van der Waals surface area contributed by atoms with Crippen LogP contribution in [0.2, 0.25) is 5.02 Å². The number of halogens is 3. The molecule has 2 aromatic rings. The first kappa shape index (κ1) is 17.9. The number of carbonyl (C=O) groups excluding carboxylic acids is 1. The SMILES string of the molecule is O=C1/C(=C\c2cc(Br)c(O)c(Br)c2)SC(=S)N1c1cccc(Cl)c1. The van der Waals surface area contributed by atoms with Gasteiger partial charge >= 0.3 is 0 Å². The number of hydrogen-bond donors (Lipinski definition) is 1. The summed E-state index contributed by atoms with van der Waals surface area (Å²) in [5.74, 6) is -0.0915. The summed E-state index contributed by atoms with van der Waals surface area (Å²) in [7, 11) is 0. The summed E-state index contributed by atoms with van der Waals surface area (Å²) < 4.78 is 1.52. The molecular weight excluding hydrogens is 498 g/mol. The number of rotatable bonds is 2. The first-order valence-corrected chi connectivity index (χ1v) is 9.77. The van der Waals surface area contributed by atoms with Crippen molar-refractivity contribution in [1.29, 1.82) is 0 Å². The molecule has 0 unspecified atom stereocenters. The molecule has 0 aliphatic carbocycles. The zero-order valence-corrected chi connectivity index (χ0v) is 17.4. The van der Waals surface area contributed by atoms with Crippen molar-refractivity contribution in [2.75, 3.05) is 4.90 Å². The summed E-state index contributed by atoms with van der Waals surface area (Å²) in [4.78, 5) is 14.7. The molecule has 1 amide bonds. The maximum Gasteiger partial charge on any atom is 0.270 e. The largest absolute Gasteiger partial charge is 0.506 e. The minimum atomic E-state index is -0.201. The normalized spacial score (nSPS) is 16.3. The van der Waals surface area contributed by atoms with Gasteiger partial charge in [-0.25, -0.2) is 0 Å². The molecule has 3 rings (SSSR count). The quantitative estimate of drug-likeness (QED) is 0.403. The fourth-order valence-electron chi connectivity index (χ4n) is 2.13. The zero-order chi connectivity index (χ0) is 17.4. The topological polar surface area (TPSA) is 40.5 Å². The average molecular weight is 506 g/mol. The summed E-state index contributed by atoms with van der Waals surface area (Å²) in [6, 6.07) is 10.5. The van der Waals surface area contributed by atoms with Gasteiger partial charge in [0.1, 0.15) is 5.75 Å². The number of amides is 1. The number of benzene rings is 2. The van der Waals surface area contributed by atoms with E-state index in [0.717, 1.165) is 5.56 Å². The van der Waals surface area contributed by atoms with Gasteiger partial charge in [0, 0.05) is 5.02 Å². The summed E-state index contributed by atoms with van der Waals surface area (Å²) in [6.07, 6.45) is 1.73. The highest BCUT2D eigenvalue weighted by molar-refractivity contribution is 9.11. The van der Waals surface area contributed by atoms with E-state index in [-0.39, 0.29) is 11.7 Å². The van der Waals surface area contributed by atoms with Gasteiger partial charge in [-0.3, -0.25) is 9.69 Å². The van der Waals surface area contributed by atoms with Crippen LogP contribution in [0.1, 0.15) is 5.56 Å². The Morgan fingerprint density at radius 1 is 1.21 bits per heavy atom. The fourth-order valence-corrected chi connectivity index (χ4v) is 4.83. The molecule has 3 nitrogen and oxygen atoms in total. The van der Waals surface area contributed by atoms with Crippen molar-refractivity contribution in [3.05, 3.63) is 60.8 Å². The Balaban J connectivity index is 1.97. The molecule has 1 aliphatic rings. The zero-order valence-electron chi connectivity index (χ0n) is 11.8. The molecule has 0 bridgehead atoms. The van der Waals surface area contributed by atoms with Gasteiger partial charge in [0.2, 0.25) is 0 Å². The van der Waals surface area contributed by atoms with Crippen LogP contribution in [0.25, 0.3) is 6.08 Å². The Morgan fingerprint density at radius 2 is 1.88 bits per heavy atom. The number of thiocarbonyl (C=S) groups is 1. The maximum absolute atomic E-state index is 12.7. The number of nitrogens with zero attached hydrogens (tertiary/aromatic N) is 1. The smallest absolute Gasteiger partial charge is 0.270 e. The molecule has 2 aromatic carbocycles. The monoisotopic (exact) mass is 503 g/mol. The van der Waals surface area contributed by atoms with Crippen molar-refractivity contribution >= 4 is 89.4 Å². The lowest BCUT2D eigenvalue weighted by Gasteiger charge is -2.14. The van der Waals surface area contributed by atoms with Crippen molar-refractivity contribution in [3.63, 3.8) is 0 Å². The van der Waals surface area contributed by atoms with Crippen LogP contribution in [-0.2, 0) is 4.79 Å². The predicted octanol–water partition coefficient (Wildman–Crippen LogP) is 5.98. The molecule has 1 saturated heterocycles. The molecule has 0 spiro atoms. The summed E-state index contributed by atoms with van der Waals surface area (Å²) in [5, 5.41) is 10.3. The molecule has 0 aromatic heterocycles. The van der Waals surface area contributed by atoms with Gasteiger partial charge in [-0.15, -0.1) is 0 Å². The Morgan fingerprint density at radius 3 is 2.50 bits per heavy atom. The maximum atomic E-state index is 12.7. The van der Waals surface area contributed by atoms with E-state index in [0.29, 0.717) is 28.9 Å². The number of aromatic hydroxyl groups is 1. The highest BCUT2D eigenvalue weighted by Gasteiger charge is 2.33. The first-order chi connectivity index (χ1) is 11.4. The number of anilines is 1. The van der Waals surface area contributed by atoms with E-state index in [1.165, 1.54) is 16.7 Å². The third-order valence-electron chi connectivity index (χ3n) is 3.20. The Bertz CT molecular complexity index is 878. The summed E-state index contributed by atoms with van der Waals surface area (Å²) in [5.41, 5.74) is 1.40. The minimum Gasteiger partial charge on any atom is -0.506 e. The van der Waals surface area contributed by atoms with Crippen LogP contribution in [0.4, 0.5) is 5.69 Å². The van der Waals surface area contributed by atoms with Crippen LogP contribution in [0, 0.1) is 0 Å². The number of hydrogen-bond acceptors (Lipinski definition) is 4. The van der Waals surface area contributed by atoms with Gasteiger partial charge in [0.25, 0.3) is 5.91 Å². The average Bonchev–Trinajstić information content (AvgIpc) is 2.79. The molecule has 122 valence electrons. The van der Waals surface area contributed by atoms with Crippen LogP contribution in [0.5, 0.6) is 5.75 Å². The van der Waals surface area contributed by atoms with Crippen molar-refractivity contribution in [1.82, 2.24) is 0 Å². The van der Waals surface area contributed by atoms with E-state index in [9.17, 15) is 9.90 Å². The van der Waals surface area contributed by atoms with Crippen molar-refractivity contribution in [2.45, 2.75) is 0 Å². The van der Waals surface area contributed by atoms with Gasteiger partial charge < -0.3 is 5.11 Å². The van der Waals surface area contributed by atoms with E-state index in [4.69, 9.17) is 23.8 Å². The first-order valence-electron chi connectivity index (χ1n) is 6.58. The van der Waals surface area contributed by atoms with Crippen molar-refractivity contribution < 1.29 is 9.90 Å². The molecule has 24 heavy (non-hydrogen) atoms. The second kappa shape index (κ2) is 7.17. The van der Waals surface area contributed by atoms with E-state index in [2.05, 4.69) is 31.9 Å². The Labute approximate surface area is 169 Å². The lowest BCUT2D eigenvalue weighted by Crippen LogP contribution is -2.27. The minimum absolute atomic E-state index is 0.110. The van der Waals surface area contributed by atoms with E-state index in [1.54, 1.807) is 42.5 Å². The predicted molar refractivity (Wildman–Crippen MR) is 111 cm³/mol. The molecule has 1 fully saturated rings. The molecule has 0 saturated carbocycles. The molecule has 0 radical (unpaired) electrons. The van der Waals surface area contributed by atoms with Crippen LogP contribution in [0.15, 0.2) is 50.2 Å². The molecule has 1 N–H and O–H groups in total. The van der Waals surface area contributed by atoms with Crippen molar-refractivity contribution in [2.24, 2.45) is 0 Å². The van der Waals surface area contributed by atoms with Gasteiger partial charge in [-0.1, -0.05) is 41.6 Å². The highest BCUT2D eigenvalue weighted by Crippen LogP contribution is 2.38. The van der Waals surface area contributed by atoms with Gasteiger partial charge in [-0.05, 0) is 73.8 Å². The number of phenols is 1. The molecule has 8 heteroatoms. The summed E-state index contributed by atoms with van der Waals surface area (Å²) in [6.45, 7) is 0. The lowest BCUT2D eigenvalue weighted by atomic mass is 10.2. The third-order valence-corrected chi connectivity index (χ3v) is 5.94. The van der Waals surface area contributed by atoms with E-state index < -0.39 is 0 Å². The number of carbonyl (C=O) groups is 1. The highest BCUT2D eigenvalue weighted by atomic mass is 79.9. The van der Waals surface area contributed by atoms with Crippen LogP contribution >= 0.6 is 67.4 Å². The Kier molecular flexibility index (Phi) is 5.36. The van der Waals surface area contributed by atoms with E-state index >= 15 is 0 Å². The molecular formula is C16H8Br2ClNO2S2. The third kappa shape index (κ3) is 3.55. The second-order valence-electron chi connectivity index (χ2n) is 4.83. The van der Waals surface area contributed by atoms with Gasteiger partial charge in [0.05, 0.1) is 19.5 Å². The molecule has 1 aliphatic heterocycles. The molecule has 1 heterocycles. The summed E-state index contributed by atoms with van der Waals surface area (Å²) >= 11 is 19.1. The van der Waals surface area contributed by atoms with E-state index in [1.807, 2.05) is 0 Å². The van der Waals surface area contributed by atoms with Crippen LogP contribution in [-0.4, -0.2) is 15.3 Å². The van der Waals surface area contributed by atoms with Crippen molar-refractivity contribution in [3.8, 4) is 5.75 Å². The van der Waals surface area contributed by atoms with Crippen LogP contribution in [0.3, 0.4) is 0 Å². The van der Waals surface area contributed by atoms with Gasteiger partial charge in [0.15, 0.2) is 4.32 Å².